The Hall–Kier alpha value is -4.22. The normalized spacial score (nSPS) is 12.3. The molecule has 34 heavy (non-hydrogen) atoms. The van der Waals surface area contributed by atoms with Gasteiger partial charge in [0.15, 0.2) is 0 Å². The highest BCUT2D eigenvalue weighted by molar-refractivity contribution is 7.85. The minimum absolute atomic E-state index is 0.0841. The Labute approximate surface area is 193 Å². The van der Waals surface area contributed by atoms with Crippen LogP contribution in [0.25, 0.3) is 29.7 Å². The molecular weight excluding hydrogens is 462 g/mol. The predicted octanol–water partition coefficient (Wildman–Crippen LogP) is 2.44. The summed E-state index contributed by atoms with van der Waals surface area (Å²) < 4.78 is 38.5. The largest absolute Gasteiger partial charge is 0.456 e. The number of hydrogen-bond acceptors (Lipinski definition) is 6. The number of aromatic amines is 1. The van der Waals surface area contributed by atoms with Gasteiger partial charge < -0.3 is 4.42 Å². The molecule has 0 saturated carbocycles. The smallest absolute Gasteiger partial charge is 0.294 e. The van der Waals surface area contributed by atoms with Gasteiger partial charge in [0.05, 0.1) is 31.6 Å². The number of nitrogens with zero attached hydrogens (tertiary/aromatic N) is 2. The van der Waals surface area contributed by atoms with Gasteiger partial charge >= 0.3 is 0 Å². The molecule has 0 aliphatic rings. The molecule has 2 N–H and O–H groups in total. The van der Waals surface area contributed by atoms with Crippen molar-refractivity contribution in [1.29, 1.82) is 0 Å². The van der Waals surface area contributed by atoms with Crippen molar-refractivity contribution in [3.05, 3.63) is 96.5 Å². The molecule has 4 rings (SSSR count). The number of nitro groups is 1. The van der Waals surface area contributed by atoms with E-state index in [1.54, 1.807) is 25.1 Å². The Kier molecular flexibility index (Phi) is 5.59. The standard InChI is InChI=1S/C23H19N3O7S/c1-13-10-20(21(26(28)29)11-14(13)2)22-9-6-17(33-22)12-19-15(3)24-25(23(19)27)16-4-7-18(8-5-16)34(30,31)32/h4-12,24H,3H2,1-2H3,(H,30,31,32). The number of aryl methyl sites for hydroxylation is 2. The molecule has 2 aromatic heterocycles. The Bertz CT molecular complexity index is 1710. The van der Waals surface area contributed by atoms with Crippen LogP contribution in [0, 0.1) is 24.0 Å². The monoisotopic (exact) mass is 481 g/mol. The van der Waals surface area contributed by atoms with Crippen molar-refractivity contribution in [3.63, 3.8) is 0 Å². The third-order valence-electron chi connectivity index (χ3n) is 5.39. The maximum Gasteiger partial charge on any atom is 0.294 e. The van der Waals surface area contributed by atoms with Gasteiger partial charge in [0, 0.05) is 6.07 Å². The molecule has 0 aliphatic carbocycles. The fourth-order valence-corrected chi connectivity index (χ4v) is 3.94. The second kappa shape index (κ2) is 8.28. The first-order valence-electron chi connectivity index (χ1n) is 9.91. The lowest BCUT2D eigenvalue weighted by Gasteiger charge is -2.04. The minimum Gasteiger partial charge on any atom is -0.456 e. The van der Waals surface area contributed by atoms with E-state index in [0.29, 0.717) is 11.3 Å². The van der Waals surface area contributed by atoms with E-state index in [0.717, 1.165) is 11.1 Å². The lowest BCUT2D eigenvalue weighted by atomic mass is 10.0. The number of benzene rings is 2. The van der Waals surface area contributed by atoms with Crippen LogP contribution in [-0.4, -0.2) is 27.7 Å². The molecule has 0 amide bonds. The highest BCUT2D eigenvalue weighted by Gasteiger charge is 2.19. The maximum atomic E-state index is 12.9. The summed E-state index contributed by atoms with van der Waals surface area (Å²) >= 11 is 0. The van der Waals surface area contributed by atoms with E-state index in [-0.39, 0.29) is 32.7 Å². The fraction of sp³-hybridized carbons (Fsp3) is 0.0870. The van der Waals surface area contributed by atoms with Gasteiger partial charge in [-0.15, -0.1) is 0 Å². The predicted molar refractivity (Wildman–Crippen MR) is 125 cm³/mol. The number of nitrogens with one attached hydrogen (secondary N) is 1. The molecule has 0 saturated heterocycles. The SMILES string of the molecule is C=c1[nH]n(-c2ccc(S(=O)(=O)O)cc2)c(=O)c1=Cc1ccc(-c2cc(C)c(C)cc2[N+](=O)[O-])o1. The zero-order valence-corrected chi connectivity index (χ0v) is 18.9. The fourth-order valence-electron chi connectivity index (χ4n) is 3.46. The second-order valence-electron chi connectivity index (χ2n) is 7.67. The van der Waals surface area contributed by atoms with Crippen LogP contribution in [0.15, 0.2) is 62.6 Å². The van der Waals surface area contributed by atoms with Crippen molar-refractivity contribution in [2.45, 2.75) is 18.7 Å². The summed E-state index contributed by atoms with van der Waals surface area (Å²) in [6.07, 6.45) is 1.46. The van der Waals surface area contributed by atoms with Crippen LogP contribution in [0.3, 0.4) is 0 Å². The first-order valence-corrected chi connectivity index (χ1v) is 11.3. The third kappa shape index (κ3) is 4.21. The number of aromatic nitrogens is 2. The molecule has 4 aromatic rings. The highest BCUT2D eigenvalue weighted by Crippen LogP contribution is 2.33. The lowest BCUT2D eigenvalue weighted by Crippen LogP contribution is -2.33. The molecule has 0 spiro atoms. The number of hydrogen-bond donors (Lipinski definition) is 2. The van der Waals surface area contributed by atoms with E-state index in [2.05, 4.69) is 11.7 Å². The summed E-state index contributed by atoms with van der Waals surface area (Å²) in [5, 5.41) is 14.8. The van der Waals surface area contributed by atoms with E-state index in [9.17, 15) is 23.3 Å². The van der Waals surface area contributed by atoms with Crippen molar-refractivity contribution in [2.75, 3.05) is 0 Å². The summed E-state index contributed by atoms with van der Waals surface area (Å²) in [6, 6.07) is 11.4. The van der Waals surface area contributed by atoms with Crippen molar-refractivity contribution >= 4 is 28.5 Å². The summed E-state index contributed by atoms with van der Waals surface area (Å²) in [5.74, 6) is 0.570. The van der Waals surface area contributed by atoms with Gasteiger partial charge in [-0.2, -0.15) is 8.42 Å². The Morgan fingerprint density at radius 1 is 1.12 bits per heavy atom. The summed E-state index contributed by atoms with van der Waals surface area (Å²) in [6.45, 7) is 7.46. The quantitative estimate of drug-likeness (QED) is 0.253. The first kappa shape index (κ1) is 23.0. The van der Waals surface area contributed by atoms with Crippen LogP contribution in [0.4, 0.5) is 5.69 Å². The molecule has 174 valence electrons. The van der Waals surface area contributed by atoms with Gasteiger partial charge in [0.1, 0.15) is 11.5 Å². The van der Waals surface area contributed by atoms with Crippen molar-refractivity contribution < 1.29 is 22.3 Å². The Morgan fingerprint density at radius 2 is 1.76 bits per heavy atom. The molecular formula is C23H19N3O7S. The van der Waals surface area contributed by atoms with Crippen LogP contribution in [0.2, 0.25) is 0 Å². The Morgan fingerprint density at radius 3 is 2.38 bits per heavy atom. The molecule has 0 unspecified atom stereocenters. The number of rotatable bonds is 5. The molecule has 10 nitrogen and oxygen atoms in total. The van der Waals surface area contributed by atoms with Crippen LogP contribution < -0.4 is 16.1 Å². The molecule has 0 radical (unpaired) electrons. The minimum atomic E-state index is -4.36. The average molecular weight is 481 g/mol. The zero-order chi connectivity index (χ0) is 24.8. The molecule has 2 aromatic carbocycles. The van der Waals surface area contributed by atoms with Gasteiger partial charge in [0.2, 0.25) is 0 Å². The maximum absolute atomic E-state index is 12.9. The number of furan rings is 1. The van der Waals surface area contributed by atoms with Crippen molar-refractivity contribution in [3.8, 4) is 17.0 Å². The number of H-pyrrole nitrogens is 1. The molecule has 2 heterocycles. The van der Waals surface area contributed by atoms with Gasteiger partial charge in [-0.1, -0.05) is 6.58 Å². The first-order chi connectivity index (χ1) is 16.0. The topological polar surface area (TPSA) is 148 Å². The van der Waals surface area contributed by atoms with Crippen LogP contribution in [0.5, 0.6) is 0 Å². The lowest BCUT2D eigenvalue weighted by molar-refractivity contribution is -0.384. The summed E-state index contributed by atoms with van der Waals surface area (Å²) in [7, 11) is -4.36. The van der Waals surface area contributed by atoms with E-state index < -0.39 is 20.6 Å². The van der Waals surface area contributed by atoms with Crippen molar-refractivity contribution in [1.82, 2.24) is 9.78 Å². The number of nitro benzene ring substituents is 1. The van der Waals surface area contributed by atoms with E-state index in [1.807, 2.05) is 6.92 Å². The third-order valence-corrected chi connectivity index (χ3v) is 6.25. The molecule has 0 atom stereocenters. The summed E-state index contributed by atoms with van der Waals surface area (Å²) in [4.78, 5) is 23.7. The molecule has 0 bridgehead atoms. The Balaban J connectivity index is 1.77. The van der Waals surface area contributed by atoms with Crippen LogP contribution >= 0.6 is 0 Å². The van der Waals surface area contributed by atoms with Gasteiger partial charge in [-0.3, -0.25) is 24.6 Å². The van der Waals surface area contributed by atoms with Crippen LogP contribution in [0.1, 0.15) is 16.9 Å². The van der Waals surface area contributed by atoms with E-state index >= 15 is 0 Å². The van der Waals surface area contributed by atoms with E-state index in [1.165, 1.54) is 41.1 Å². The zero-order valence-electron chi connectivity index (χ0n) is 18.1. The van der Waals surface area contributed by atoms with Gasteiger partial charge in [-0.25, -0.2) is 4.68 Å². The molecule has 0 fully saturated rings. The van der Waals surface area contributed by atoms with Crippen LogP contribution in [-0.2, 0) is 10.1 Å². The van der Waals surface area contributed by atoms with Crippen molar-refractivity contribution in [2.24, 2.45) is 0 Å². The molecule has 11 heteroatoms. The highest BCUT2D eigenvalue weighted by atomic mass is 32.2. The average Bonchev–Trinajstić information content (AvgIpc) is 3.35. The molecule has 0 aliphatic heterocycles. The van der Waals surface area contributed by atoms with Gasteiger partial charge in [0.25, 0.3) is 21.4 Å². The summed E-state index contributed by atoms with van der Waals surface area (Å²) in [5.41, 5.74) is 1.75. The second-order valence-corrected chi connectivity index (χ2v) is 9.09. The van der Waals surface area contributed by atoms with E-state index in [4.69, 9.17) is 8.97 Å². The van der Waals surface area contributed by atoms with Gasteiger partial charge in [-0.05, 0) is 73.5 Å².